The van der Waals surface area contributed by atoms with Gasteiger partial charge in [-0.05, 0) is 37.0 Å². The largest absolute Gasteiger partial charge is 0.369 e. The summed E-state index contributed by atoms with van der Waals surface area (Å²) in [6.45, 7) is 7.17. The van der Waals surface area contributed by atoms with Gasteiger partial charge in [0.05, 0.1) is 12.2 Å². The summed E-state index contributed by atoms with van der Waals surface area (Å²) in [6, 6.07) is 0. The molecule has 0 spiro atoms. The standard InChI is InChI=1S/C12H20O/c1-7(2)8(3)12-5-4-9(6-12)10-11(12)13-10/h7-11H,4-6H2,1-3H3. The van der Waals surface area contributed by atoms with E-state index >= 15 is 0 Å². The molecule has 5 unspecified atom stereocenters. The third-order valence-electron chi connectivity index (χ3n) is 5.09. The molecule has 2 saturated carbocycles. The van der Waals surface area contributed by atoms with Crippen LogP contribution in [-0.2, 0) is 4.74 Å². The Morgan fingerprint density at radius 3 is 2.62 bits per heavy atom. The highest BCUT2D eigenvalue weighted by molar-refractivity contribution is 5.17. The van der Waals surface area contributed by atoms with Gasteiger partial charge in [-0.3, -0.25) is 0 Å². The molecule has 3 fully saturated rings. The second-order valence-corrected chi connectivity index (χ2v) is 5.79. The Morgan fingerprint density at radius 1 is 1.31 bits per heavy atom. The quantitative estimate of drug-likeness (QED) is 0.595. The van der Waals surface area contributed by atoms with Gasteiger partial charge in [-0.25, -0.2) is 0 Å². The average molecular weight is 180 g/mol. The molecule has 1 heteroatoms. The number of epoxide rings is 1. The van der Waals surface area contributed by atoms with Crippen molar-refractivity contribution < 1.29 is 4.74 Å². The van der Waals surface area contributed by atoms with Crippen LogP contribution in [0.25, 0.3) is 0 Å². The summed E-state index contributed by atoms with van der Waals surface area (Å²) < 4.78 is 5.81. The third kappa shape index (κ3) is 0.869. The summed E-state index contributed by atoms with van der Waals surface area (Å²) in [6.07, 6.45) is 5.72. The maximum Gasteiger partial charge on any atom is 0.0903 e. The molecule has 0 N–H and O–H groups in total. The number of fused-ring (bicyclic) bond motifs is 5. The smallest absolute Gasteiger partial charge is 0.0903 e. The predicted octanol–water partition coefficient (Wildman–Crippen LogP) is 2.85. The van der Waals surface area contributed by atoms with Crippen LogP contribution in [-0.4, -0.2) is 12.2 Å². The predicted molar refractivity (Wildman–Crippen MR) is 52.4 cm³/mol. The molecule has 1 nitrogen and oxygen atoms in total. The van der Waals surface area contributed by atoms with Gasteiger partial charge in [0.15, 0.2) is 0 Å². The fourth-order valence-corrected chi connectivity index (χ4v) is 3.97. The monoisotopic (exact) mass is 180 g/mol. The van der Waals surface area contributed by atoms with Gasteiger partial charge in [0, 0.05) is 5.41 Å². The van der Waals surface area contributed by atoms with Gasteiger partial charge in [0.2, 0.25) is 0 Å². The zero-order chi connectivity index (χ0) is 9.22. The molecule has 2 bridgehead atoms. The van der Waals surface area contributed by atoms with Gasteiger partial charge in [-0.2, -0.15) is 0 Å². The Kier molecular flexibility index (Phi) is 1.47. The van der Waals surface area contributed by atoms with E-state index in [0.717, 1.165) is 17.8 Å². The normalized spacial score (nSPS) is 54.0. The van der Waals surface area contributed by atoms with Gasteiger partial charge >= 0.3 is 0 Å². The number of ether oxygens (including phenoxy) is 1. The first-order valence-electron chi connectivity index (χ1n) is 5.80. The van der Waals surface area contributed by atoms with Crippen molar-refractivity contribution in [2.45, 2.75) is 52.2 Å². The van der Waals surface area contributed by atoms with E-state index in [1.54, 1.807) is 0 Å². The molecule has 5 atom stereocenters. The van der Waals surface area contributed by atoms with E-state index in [1.165, 1.54) is 19.3 Å². The lowest BCUT2D eigenvalue weighted by atomic mass is 9.69. The van der Waals surface area contributed by atoms with Crippen LogP contribution in [0.1, 0.15) is 40.0 Å². The van der Waals surface area contributed by atoms with Crippen molar-refractivity contribution in [1.29, 1.82) is 0 Å². The highest BCUT2D eigenvalue weighted by atomic mass is 16.6. The Hall–Kier alpha value is -0.0400. The molecule has 0 aromatic heterocycles. The van der Waals surface area contributed by atoms with Crippen molar-refractivity contribution in [1.82, 2.24) is 0 Å². The first-order chi connectivity index (χ1) is 6.15. The van der Waals surface area contributed by atoms with Crippen LogP contribution in [0, 0.1) is 23.2 Å². The molecule has 74 valence electrons. The molecule has 0 aromatic carbocycles. The van der Waals surface area contributed by atoms with Gasteiger partial charge < -0.3 is 4.74 Å². The molecule has 1 aliphatic heterocycles. The Bertz CT molecular complexity index is 235. The van der Waals surface area contributed by atoms with Crippen LogP contribution in [0.3, 0.4) is 0 Å². The van der Waals surface area contributed by atoms with Gasteiger partial charge in [-0.15, -0.1) is 0 Å². The van der Waals surface area contributed by atoms with Crippen LogP contribution >= 0.6 is 0 Å². The van der Waals surface area contributed by atoms with Gasteiger partial charge in [0.1, 0.15) is 0 Å². The minimum Gasteiger partial charge on any atom is -0.369 e. The molecule has 3 aliphatic rings. The van der Waals surface area contributed by atoms with Gasteiger partial charge in [0.25, 0.3) is 0 Å². The molecule has 3 rings (SSSR count). The topological polar surface area (TPSA) is 12.5 Å². The Labute approximate surface area is 80.8 Å². The van der Waals surface area contributed by atoms with Crippen molar-refractivity contribution in [3.8, 4) is 0 Å². The maximum atomic E-state index is 5.81. The zero-order valence-electron chi connectivity index (χ0n) is 8.92. The zero-order valence-corrected chi connectivity index (χ0v) is 8.92. The van der Waals surface area contributed by atoms with Crippen molar-refractivity contribution >= 4 is 0 Å². The highest BCUT2D eigenvalue weighted by Gasteiger charge is 2.69. The van der Waals surface area contributed by atoms with E-state index in [2.05, 4.69) is 20.8 Å². The molecule has 0 aromatic rings. The minimum atomic E-state index is 0.601. The van der Waals surface area contributed by atoms with Crippen molar-refractivity contribution in [2.75, 3.05) is 0 Å². The number of hydrogen-bond acceptors (Lipinski definition) is 1. The molecular weight excluding hydrogens is 160 g/mol. The molecular formula is C12H20O. The second-order valence-electron chi connectivity index (χ2n) is 5.79. The van der Waals surface area contributed by atoms with Crippen LogP contribution in [0.2, 0.25) is 0 Å². The molecule has 0 radical (unpaired) electrons. The summed E-state index contributed by atoms with van der Waals surface area (Å²) in [5, 5.41) is 0. The highest BCUT2D eigenvalue weighted by Crippen LogP contribution is 2.67. The van der Waals surface area contributed by atoms with Gasteiger partial charge in [-0.1, -0.05) is 20.8 Å². The maximum absolute atomic E-state index is 5.81. The number of hydrogen-bond donors (Lipinski definition) is 0. The van der Waals surface area contributed by atoms with Crippen LogP contribution in [0.5, 0.6) is 0 Å². The Morgan fingerprint density at radius 2 is 2.08 bits per heavy atom. The molecule has 0 amide bonds. The summed E-state index contributed by atoms with van der Waals surface area (Å²) in [4.78, 5) is 0. The van der Waals surface area contributed by atoms with E-state index in [4.69, 9.17) is 4.74 Å². The average Bonchev–Trinajstić information content (AvgIpc) is 2.74. The SMILES string of the molecule is CC(C)C(C)C12CCC(C1)C1OC12. The summed E-state index contributed by atoms with van der Waals surface area (Å²) >= 11 is 0. The lowest BCUT2D eigenvalue weighted by Crippen LogP contribution is -2.33. The van der Waals surface area contributed by atoms with E-state index in [-0.39, 0.29) is 0 Å². The molecule has 2 aliphatic carbocycles. The van der Waals surface area contributed by atoms with Crippen molar-refractivity contribution in [2.24, 2.45) is 23.2 Å². The van der Waals surface area contributed by atoms with Crippen molar-refractivity contribution in [3.05, 3.63) is 0 Å². The fourth-order valence-electron chi connectivity index (χ4n) is 3.97. The number of rotatable bonds is 2. The van der Waals surface area contributed by atoms with Crippen LogP contribution in [0.4, 0.5) is 0 Å². The second kappa shape index (κ2) is 2.31. The lowest BCUT2D eigenvalue weighted by Gasteiger charge is -2.35. The molecule has 1 heterocycles. The Balaban J connectivity index is 1.88. The third-order valence-corrected chi connectivity index (χ3v) is 5.09. The summed E-state index contributed by atoms with van der Waals surface area (Å²) in [5.74, 6) is 2.61. The van der Waals surface area contributed by atoms with Crippen LogP contribution in [0.15, 0.2) is 0 Å². The van der Waals surface area contributed by atoms with Crippen LogP contribution < -0.4 is 0 Å². The minimum absolute atomic E-state index is 0.601. The lowest BCUT2D eigenvalue weighted by molar-refractivity contribution is 0.0842. The summed E-state index contributed by atoms with van der Waals surface area (Å²) in [7, 11) is 0. The first kappa shape index (κ1) is 8.28. The van der Waals surface area contributed by atoms with E-state index in [9.17, 15) is 0 Å². The molecule has 13 heavy (non-hydrogen) atoms. The van der Waals surface area contributed by atoms with E-state index in [0.29, 0.717) is 17.6 Å². The summed E-state index contributed by atoms with van der Waals surface area (Å²) in [5.41, 5.74) is 0.601. The van der Waals surface area contributed by atoms with E-state index < -0.39 is 0 Å². The first-order valence-corrected chi connectivity index (χ1v) is 5.80. The van der Waals surface area contributed by atoms with E-state index in [1.807, 2.05) is 0 Å². The molecule has 1 saturated heterocycles. The van der Waals surface area contributed by atoms with Crippen molar-refractivity contribution in [3.63, 3.8) is 0 Å². The fraction of sp³-hybridized carbons (Fsp3) is 1.00.